The Balaban J connectivity index is 2.96. The summed E-state index contributed by atoms with van der Waals surface area (Å²) in [6, 6.07) is 3.00. The molecule has 0 saturated carbocycles. The van der Waals surface area contributed by atoms with Gasteiger partial charge < -0.3 is 10.6 Å². The summed E-state index contributed by atoms with van der Waals surface area (Å²) >= 11 is 17.7. The molecule has 118 valence electrons. The quantitative estimate of drug-likeness (QED) is 0.759. The average Bonchev–Trinajstić information content (AvgIpc) is 2.38. The van der Waals surface area contributed by atoms with Crippen molar-refractivity contribution in [1.82, 2.24) is 10.6 Å². The van der Waals surface area contributed by atoms with Gasteiger partial charge in [0.2, 0.25) is 3.79 Å². The number of halogens is 4. The molecule has 2 atom stereocenters. The molecular weight excluding hydrogens is 338 g/mol. The minimum atomic E-state index is -1.80. The number of amides is 2. The molecule has 0 aliphatic rings. The highest BCUT2D eigenvalue weighted by Crippen LogP contribution is 2.40. The van der Waals surface area contributed by atoms with Crippen LogP contribution < -0.4 is 10.6 Å². The zero-order valence-corrected chi connectivity index (χ0v) is 14.3. The molecule has 2 N–H and O–H groups in total. The van der Waals surface area contributed by atoms with Gasteiger partial charge in [0, 0.05) is 6.04 Å². The molecule has 0 heterocycles. The molecule has 0 aliphatic heterocycles. The fraction of sp³-hybridized carbons (Fsp3) is 0.500. The van der Waals surface area contributed by atoms with Crippen LogP contribution >= 0.6 is 34.8 Å². The van der Waals surface area contributed by atoms with Gasteiger partial charge in [-0.2, -0.15) is 0 Å². The van der Waals surface area contributed by atoms with Crippen LogP contribution in [0.4, 0.5) is 9.18 Å². The van der Waals surface area contributed by atoms with Gasteiger partial charge >= 0.3 is 6.03 Å². The maximum Gasteiger partial charge on any atom is 0.315 e. The third-order valence-corrected chi connectivity index (χ3v) is 3.78. The first-order chi connectivity index (χ1) is 9.65. The molecule has 0 unspecified atom stereocenters. The maximum atomic E-state index is 13.7. The van der Waals surface area contributed by atoms with E-state index in [0.29, 0.717) is 11.1 Å². The Morgan fingerprint density at radius 3 is 2.43 bits per heavy atom. The molecule has 0 aromatic heterocycles. The fourth-order valence-corrected chi connectivity index (χ4v) is 2.18. The summed E-state index contributed by atoms with van der Waals surface area (Å²) in [6.07, 6.45) is 0.769. The van der Waals surface area contributed by atoms with E-state index < -0.39 is 21.7 Å². The van der Waals surface area contributed by atoms with E-state index in [9.17, 15) is 9.18 Å². The fourth-order valence-electron chi connectivity index (χ4n) is 1.64. The highest BCUT2D eigenvalue weighted by molar-refractivity contribution is 6.68. The Morgan fingerprint density at radius 2 is 1.95 bits per heavy atom. The molecule has 1 aromatic rings. The summed E-state index contributed by atoms with van der Waals surface area (Å²) in [4.78, 5) is 11.9. The van der Waals surface area contributed by atoms with Crippen LogP contribution in [-0.2, 0) is 0 Å². The van der Waals surface area contributed by atoms with Crippen molar-refractivity contribution in [3.05, 3.63) is 35.1 Å². The van der Waals surface area contributed by atoms with Crippen LogP contribution in [0.1, 0.15) is 37.4 Å². The van der Waals surface area contributed by atoms with Crippen molar-refractivity contribution in [1.29, 1.82) is 0 Å². The molecule has 0 aliphatic carbocycles. The van der Waals surface area contributed by atoms with Crippen LogP contribution in [0.5, 0.6) is 0 Å². The Hall–Kier alpha value is -0.710. The van der Waals surface area contributed by atoms with E-state index >= 15 is 0 Å². The Kier molecular flexibility index (Phi) is 6.57. The minimum Gasteiger partial charge on any atom is -0.336 e. The van der Waals surface area contributed by atoms with Crippen LogP contribution in [0.15, 0.2) is 18.2 Å². The van der Waals surface area contributed by atoms with Crippen molar-refractivity contribution in [2.45, 2.75) is 43.1 Å². The molecule has 0 bridgehead atoms. The lowest BCUT2D eigenvalue weighted by Crippen LogP contribution is -2.45. The second kappa shape index (κ2) is 7.52. The van der Waals surface area contributed by atoms with Gasteiger partial charge in [-0.3, -0.25) is 0 Å². The van der Waals surface area contributed by atoms with Crippen molar-refractivity contribution in [3.63, 3.8) is 0 Å². The topological polar surface area (TPSA) is 41.1 Å². The van der Waals surface area contributed by atoms with Crippen molar-refractivity contribution in [2.75, 3.05) is 0 Å². The lowest BCUT2D eigenvalue weighted by molar-refractivity contribution is 0.233. The highest BCUT2D eigenvalue weighted by Gasteiger charge is 2.35. The number of hydrogen-bond acceptors (Lipinski definition) is 1. The smallest absolute Gasteiger partial charge is 0.315 e. The maximum absolute atomic E-state index is 13.7. The molecule has 0 radical (unpaired) electrons. The van der Waals surface area contributed by atoms with Gasteiger partial charge in [-0.05, 0) is 37.5 Å². The van der Waals surface area contributed by atoms with E-state index in [1.54, 1.807) is 19.1 Å². The van der Waals surface area contributed by atoms with Gasteiger partial charge in [-0.25, -0.2) is 9.18 Å². The van der Waals surface area contributed by atoms with Crippen LogP contribution in [0.2, 0.25) is 0 Å². The minimum absolute atomic E-state index is 0.0178. The third-order valence-electron chi connectivity index (χ3n) is 3.12. The number of alkyl halides is 3. The second-order valence-corrected chi connectivity index (χ2v) is 7.28. The van der Waals surface area contributed by atoms with Gasteiger partial charge in [-0.1, -0.05) is 53.9 Å². The van der Waals surface area contributed by atoms with Crippen molar-refractivity contribution >= 4 is 40.8 Å². The number of urea groups is 1. The standard InChI is InChI=1S/C14H18Cl3FN2O/c1-4-9(3)19-13(21)20-12(14(15,16)17)10-6-5-8(2)11(18)7-10/h5-7,9,12H,4H2,1-3H3,(H2,19,20,21)/t9-,12+/m0/s1. The molecule has 21 heavy (non-hydrogen) atoms. The van der Waals surface area contributed by atoms with Gasteiger partial charge in [0.05, 0.1) is 0 Å². The molecular formula is C14H18Cl3FN2O. The summed E-state index contributed by atoms with van der Waals surface area (Å²) in [5.74, 6) is -0.420. The average molecular weight is 356 g/mol. The molecule has 1 rings (SSSR count). The summed E-state index contributed by atoms with van der Waals surface area (Å²) in [5.41, 5.74) is 0.864. The van der Waals surface area contributed by atoms with Crippen LogP contribution in [0, 0.1) is 12.7 Å². The monoisotopic (exact) mass is 354 g/mol. The summed E-state index contributed by atoms with van der Waals surface area (Å²) in [5, 5.41) is 5.28. The van der Waals surface area contributed by atoms with Crippen molar-refractivity contribution in [2.24, 2.45) is 0 Å². The van der Waals surface area contributed by atoms with Crippen LogP contribution in [-0.4, -0.2) is 15.9 Å². The predicted octanol–water partition coefficient (Wildman–Crippen LogP) is 4.64. The summed E-state index contributed by atoms with van der Waals surface area (Å²) < 4.78 is 11.9. The Bertz CT molecular complexity index is 505. The molecule has 1 aromatic carbocycles. The van der Waals surface area contributed by atoms with Crippen molar-refractivity contribution in [3.8, 4) is 0 Å². The number of carbonyl (C=O) groups is 1. The summed E-state index contributed by atoms with van der Waals surface area (Å²) in [7, 11) is 0. The normalized spacial score (nSPS) is 14.4. The van der Waals surface area contributed by atoms with Crippen molar-refractivity contribution < 1.29 is 9.18 Å². The molecule has 2 amide bonds. The number of nitrogens with one attached hydrogen (secondary N) is 2. The van der Waals surface area contributed by atoms with Gasteiger partial charge in [0.25, 0.3) is 0 Å². The first kappa shape index (κ1) is 18.3. The van der Waals surface area contributed by atoms with Gasteiger partial charge in [-0.15, -0.1) is 0 Å². The third kappa shape index (κ3) is 5.53. The molecule has 0 spiro atoms. The van der Waals surface area contributed by atoms with Crippen LogP contribution in [0.3, 0.4) is 0 Å². The number of carbonyl (C=O) groups excluding carboxylic acids is 1. The largest absolute Gasteiger partial charge is 0.336 e. The Morgan fingerprint density at radius 1 is 1.33 bits per heavy atom. The summed E-state index contributed by atoms with van der Waals surface area (Å²) in [6.45, 7) is 5.43. The molecule has 3 nitrogen and oxygen atoms in total. The van der Waals surface area contributed by atoms with Gasteiger partial charge in [0.15, 0.2) is 0 Å². The van der Waals surface area contributed by atoms with E-state index in [1.165, 1.54) is 6.07 Å². The molecule has 0 saturated heterocycles. The first-order valence-electron chi connectivity index (χ1n) is 6.55. The Labute approximate surface area is 139 Å². The van der Waals surface area contributed by atoms with E-state index in [0.717, 1.165) is 6.42 Å². The van der Waals surface area contributed by atoms with E-state index in [4.69, 9.17) is 34.8 Å². The van der Waals surface area contributed by atoms with E-state index in [-0.39, 0.29) is 6.04 Å². The number of hydrogen-bond donors (Lipinski definition) is 2. The van der Waals surface area contributed by atoms with E-state index in [1.807, 2.05) is 13.8 Å². The van der Waals surface area contributed by atoms with E-state index in [2.05, 4.69) is 10.6 Å². The number of benzene rings is 1. The second-order valence-electron chi connectivity index (χ2n) is 4.91. The number of aryl methyl sites for hydroxylation is 1. The predicted molar refractivity (Wildman–Crippen MR) is 85.6 cm³/mol. The lowest BCUT2D eigenvalue weighted by atomic mass is 10.1. The zero-order valence-electron chi connectivity index (χ0n) is 12.0. The highest BCUT2D eigenvalue weighted by atomic mass is 35.6. The SMILES string of the molecule is CC[C@H](C)NC(=O)N[C@H](c1ccc(C)c(F)c1)C(Cl)(Cl)Cl. The van der Waals surface area contributed by atoms with Gasteiger partial charge in [0.1, 0.15) is 11.9 Å². The molecule has 0 fully saturated rings. The lowest BCUT2D eigenvalue weighted by Gasteiger charge is -2.27. The molecule has 7 heteroatoms. The van der Waals surface area contributed by atoms with Crippen LogP contribution in [0.25, 0.3) is 0 Å². The number of rotatable bonds is 4. The first-order valence-corrected chi connectivity index (χ1v) is 7.68. The zero-order chi connectivity index (χ0) is 16.2.